The summed E-state index contributed by atoms with van der Waals surface area (Å²) in [7, 11) is 0. The Morgan fingerprint density at radius 3 is 1.57 bits per heavy atom. The first kappa shape index (κ1) is 32.2. The normalized spacial score (nSPS) is 13.4. The molecule has 258 valence electrons. The second-order valence-electron chi connectivity index (χ2n) is 15.3. The van der Waals surface area contributed by atoms with E-state index < -0.39 is 0 Å². The average molecular weight is 692 g/mol. The van der Waals surface area contributed by atoms with Gasteiger partial charge < -0.3 is 4.90 Å². The number of fused-ring (bicyclic) bond motifs is 9. The number of rotatable bonds is 4. The average Bonchev–Trinajstić information content (AvgIpc) is 3.45. The van der Waals surface area contributed by atoms with Crippen LogP contribution in [0, 0.1) is 0 Å². The van der Waals surface area contributed by atoms with Gasteiger partial charge in [0.15, 0.2) is 0 Å². The Balaban J connectivity index is 1.22. The predicted octanol–water partition coefficient (Wildman–Crippen LogP) is 14.0. The molecule has 0 heterocycles. The highest BCUT2D eigenvalue weighted by Gasteiger charge is 2.36. The van der Waals surface area contributed by atoms with Gasteiger partial charge in [0, 0.05) is 22.4 Å². The Labute approximate surface area is 318 Å². The largest absolute Gasteiger partial charge is 0.310 e. The van der Waals surface area contributed by atoms with Crippen LogP contribution in [0.3, 0.4) is 0 Å². The van der Waals surface area contributed by atoms with Crippen molar-refractivity contribution in [1.82, 2.24) is 0 Å². The molecule has 0 fully saturated rings. The maximum Gasteiger partial charge on any atom is 0.0543 e. The van der Waals surface area contributed by atoms with Gasteiger partial charge >= 0.3 is 0 Å². The lowest BCUT2D eigenvalue weighted by molar-refractivity contribution is 0.660. The molecule has 0 saturated heterocycles. The zero-order valence-corrected chi connectivity index (χ0v) is 30.8. The molecule has 0 amide bonds. The lowest BCUT2D eigenvalue weighted by atomic mass is 9.82. The first-order valence-electron chi connectivity index (χ1n) is 19.1. The number of hydrogen-bond acceptors (Lipinski definition) is 1. The molecule has 0 aromatic heterocycles. The second kappa shape index (κ2) is 12.9. The van der Waals surface area contributed by atoms with E-state index in [1.165, 1.54) is 83.6 Å². The van der Waals surface area contributed by atoms with Crippen LogP contribution >= 0.6 is 0 Å². The van der Waals surface area contributed by atoms with Crippen LogP contribution in [0.5, 0.6) is 0 Å². The topological polar surface area (TPSA) is 3.24 Å². The molecule has 0 atom stereocenters. The summed E-state index contributed by atoms with van der Waals surface area (Å²) in [6, 6.07) is 69.8. The number of hydrogen-bond donors (Lipinski definition) is 0. The molecule has 0 unspecified atom stereocenters. The van der Waals surface area contributed by atoms with E-state index >= 15 is 0 Å². The van der Waals surface area contributed by atoms with Gasteiger partial charge in [-0.05, 0) is 115 Å². The molecule has 0 radical (unpaired) electrons. The van der Waals surface area contributed by atoms with Crippen molar-refractivity contribution in [2.45, 2.75) is 32.1 Å². The fourth-order valence-electron chi connectivity index (χ4n) is 9.13. The molecule has 54 heavy (non-hydrogen) atoms. The van der Waals surface area contributed by atoms with E-state index in [9.17, 15) is 0 Å². The van der Waals surface area contributed by atoms with Crippen LogP contribution in [-0.4, -0.2) is 0 Å². The van der Waals surface area contributed by atoms with E-state index in [0.717, 1.165) is 24.2 Å². The SMILES string of the molecule is CC1(C)c2ccccc2-c2ccc(N(c3ccc(-c4ccccc4)cc3)c3cccc4c3-c3ccccc3Cc3ccccc3-c3ccccc3C4)cc21. The van der Waals surface area contributed by atoms with Gasteiger partial charge in [-0.25, -0.2) is 0 Å². The maximum atomic E-state index is 2.51. The van der Waals surface area contributed by atoms with Crippen molar-refractivity contribution in [2.24, 2.45) is 0 Å². The molecule has 1 nitrogen and oxygen atoms in total. The summed E-state index contributed by atoms with van der Waals surface area (Å²) in [4.78, 5) is 2.51. The molecule has 8 aromatic carbocycles. The molecular weight excluding hydrogens is 651 g/mol. The third kappa shape index (κ3) is 5.31. The van der Waals surface area contributed by atoms with Gasteiger partial charge in [0.25, 0.3) is 0 Å². The first-order chi connectivity index (χ1) is 26.5. The van der Waals surface area contributed by atoms with Gasteiger partial charge in [-0.1, -0.05) is 172 Å². The van der Waals surface area contributed by atoms with Crippen LogP contribution in [-0.2, 0) is 18.3 Å². The Hall–Kier alpha value is -6.44. The first-order valence-corrected chi connectivity index (χ1v) is 19.1. The van der Waals surface area contributed by atoms with Crippen LogP contribution in [0.15, 0.2) is 188 Å². The monoisotopic (exact) mass is 691 g/mol. The molecule has 0 aliphatic heterocycles. The van der Waals surface area contributed by atoms with Gasteiger partial charge in [0.1, 0.15) is 0 Å². The van der Waals surface area contributed by atoms with Gasteiger partial charge in [0.2, 0.25) is 0 Å². The van der Waals surface area contributed by atoms with Gasteiger partial charge in [-0.2, -0.15) is 0 Å². The molecule has 2 aliphatic rings. The Kier molecular flexibility index (Phi) is 7.70. The maximum absolute atomic E-state index is 2.51. The van der Waals surface area contributed by atoms with Crippen molar-refractivity contribution in [1.29, 1.82) is 0 Å². The zero-order chi connectivity index (χ0) is 36.2. The summed E-state index contributed by atoms with van der Waals surface area (Å²) in [6.07, 6.45) is 1.68. The van der Waals surface area contributed by atoms with Gasteiger partial charge in [-0.15, -0.1) is 0 Å². The highest BCUT2D eigenvalue weighted by Crippen LogP contribution is 2.52. The standard InChI is InChI=1S/C53H41N/c1-53(2)49-25-13-12-24-47(49)48-32-31-43(35-50(48)53)54(42-29-27-37(28-30-42)36-15-4-3-5-16-36)51-26-14-20-41-34-39-18-7-10-22-45(39)44-21-9-6-17-38(44)33-40-19-8-11-23-46(40)52(41)51/h3-32,35H,33-34H2,1-2H3. The molecule has 0 spiro atoms. The van der Waals surface area contributed by atoms with E-state index in [-0.39, 0.29) is 5.41 Å². The van der Waals surface area contributed by atoms with Crippen molar-refractivity contribution >= 4 is 17.1 Å². The van der Waals surface area contributed by atoms with Crippen LogP contribution in [0.2, 0.25) is 0 Å². The minimum Gasteiger partial charge on any atom is -0.310 e. The highest BCUT2D eigenvalue weighted by atomic mass is 15.1. The molecular formula is C53H41N. The predicted molar refractivity (Wildman–Crippen MR) is 227 cm³/mol. The zero-order valence-electron chi connectivity index (χ0n) is 30.8. The van der Waals surface area contributed by atoms with E-state index in [2.05, 4.69) is 207 Å². The van der Waals surface area contributed by atoms with Gasteiger partial charge in [0.05, 0.1) is 5.69 Å². The fraction of sp³-hybridized carbons (Fsp3) is 0.0943. The summed E-state index contributed by atoms with van der Waals surface area (Å²) in [6.45, 7) is 4.74. The van der Waals surface area contributed by atoms with Crippen LogP contribution in [0.4, 0.5) is 17.1 Å². The lowest BCUT2D eigenvalue weighted by Gasteiger charge is -2.31. The lowest BCUT2D eigenvalue weighted by Crippen LogP contribution is -2.17. The summed E-state index contributed by atoms with van der Waals surface area (Å²) in [5, 5.41) is 0. The molecule has 1 heteroatoms. The van der Waals surface area contributed by atoms with Crippen LogP contribution < -0.4 is 4.90 Å². The van der Waals surface area contributed by atoms with E-state index in [1.54, 1.807) is 0 Å². The van der Waals surface area contributed by atoms with E-state index in [1.807, 2.05) is 0 Å². The van der Waals surface area contributed by atoms with Crippen molar-refractivity contribution in [3.63, 3.8) is 0 Å². The third-order valence-corrected chi connectivity index (χ3v) is 11.8. The molecule has 0 saturated carbocycles. The van der Waals surface area contributed by atoms with Crippen molar-refractivity contribution in [2.75, 3.05) is 4.90 Å². The molecule has 2 aliphatic carbocycles. The molecule has 10 rings (SSSR count). The minimum atomic E-state index is -0.115. The Morgan fingerprint density at radius 1 is 0.370 bits per heavy atom. The number of benzene rings is 8. The van der Waals surface area contributed by atoms with Crippen LogP contribution in [0.1, 0.15) is 47.2 Å². The van der Waals surface area contributed by atoms with E-state index in [0.29, 0.717) is 0 Å². The smallest absolute Gasteiger partial charge is 0.0543 e. The van der Waals surface area contributed by atoms with Crippen molar-refractivity contribution in [3.8, 4) is 44.5 Å². The summed E-state index contributed by atoms with van der Waals surface area (Å²) >= 11 is 0. The van der Waals surface area contributed by atoms with Crippen molar-refractivity contribution < 1.29 is 0 Å². The minimum absolute atomic E-state index is 0.115. The third-order valence-electron chi connectivity index (χ3n) is 11.8. The van der Waals surface area contributed by atoms with Crippen LogP contribution in [0.25, 0.3) is 44.5 Å². The highest BCUT2D eigenvalue weighted by molar-refractivity contribution is 5.93. The van der Waals surface area contributed by atoms with Gasteiger partial charge in [-0.3, -0.25) is 0 Å². The molecule has 8 aromatic rings. The Bertz CT molecular complexity index is 2680. The number of anilines is 3. The summed E-state index contributed by atoms with van der Waals surface area (Å²) in [5.74, 6) is 0. The summed E-state index contributed by atoms with van der Waals surface area (Å²) in [5.41, 5.74) is 21.8. The molecule has 0 N–H and O–H groups in total. The molecule has 0 bridgehead atoms. The van der Waals surface area contributed by atoms with E-state index in [4.69, 9.17) is 0 Å². The fourth-order valence-corrected chi connectivity index (χ4v) is 9.13. The second-order valence-corrected chi connectivity index (χ2v) is 15.3. The quantitative estimate of drug-likeness (QED) is 0.178. The van der Waals surface area contributed by atoms with Crippen molar-refractivity contribution in [3.05, 3.63) is 221 Å². The number of nitrogens with zero attached hydrogens (tertiary/aromatic N) is 1. The summed E-state index contributed by atoms with van der Waals surface area (Å²) < 4.78 is 0. The Morgan fingerprint density at radius 2 is 0.870 bits per heavy atom.